The molecule has 0 aromatic carbocycles. The highest BCUT2D eigenvalue weighted by molar-refractivity contribution is 7.94. The fourth-order valence-electron chi connectivity index (χ4n) is 1.71. The predicted octanol–water partition coefficient (Wildman–Crippen LogP) is 3.33. The Balaban J connectivity index is 2.09. The van der Waals surface area contributed by atoms with Crippen LogP contribution < -0.4 is 10.0 Å². The van der Waals surface area contributed by atoms with Crippen molar-refractivity contribution < 1.29 is 8.42 Å². The van der Waals surface area contributed by atoms with Crippen molar-refractivity contribution in [2.45, 2.75) is 30.9 Å². The molecule has 21 heavy (non-hydrogen) atoms. The van der Waals surface area contributed by atoms with Gasteiger partial charge in [-0.3, -0.25) is 4.72 Å². The summed E-state index contributed by atoms with van der Waals surface area (Å²) in [5, 5.41) is 3.14. The number of sulfonamides is 1. The first-order chi connectivity index (χ1) is 10.0. The van der Waals surface area contributed by atoms with Crippen LogP contribution in [0.1, 0.15) is 25.1 Å². The maximum absolute atomic E-state index is 12.2. The third-order valence-corrected chi connectivity index (χ3v) is 5.92. The van der Waals surface area contributed by atoms with Crippen molar-refractivity contribution in [3.8, 4) is 0 Å². The lowest BCUT2D eigenvalue weighted by atomic mass is 10.4. The molecule has 2 heterocycles. The Kier molecular flexibility index (Phi) is 5.19. The average Bonchev–Trinajstić information content (AvgIpc) is 2.96. The lowest BCUT2D eigenvalue weighted by Crippen LogP contribution is -2.12. The van der Waals surface area contributed by atoms with E-state index in [-0.39, 0.29) is 0 Å². The van der Waals surface area contributed by atoms with Crippen LogP contribution in [-0.4, -0.2) is 19.9 Å². The molecule has 114 valence electrons. The second kappa shape index (κ2) is 6.91. The molecule has 0 bridgehead atoms. The molecule has 0 aliphatic rings. The van der Waals surface area contributed by atoms with Crippen molar-refractivity contribution in [2.24, 2.45) is 0 Å². The van der Waals surface area contributed by atoms with E-state index in [9.17, 15) is 8.42 Å². The van der Waals surface area contributed by atoms with Crippen LogP contribution >= 0.6 is 11.3 Å². The smallest absolute Gasteiger partial charge is 0.271 e. The van der Waals surface area contributed by atoms with Crippen molar-refractivity contribution in [3.05, 3.63) is 35.3 Å². The van der Waals surface area contributed by atoms with Crippen LogP contribution in [0.25, 0.3) is 0 Å². The Bertz CT molecular complexity index is 678. The van der Waals surface area contributed by atoms with Gasteiger partial charge < -0.3 is 5.32 Å². The van der Waals surface area contributed by atoms with E-state index in [2.05, 4.69) is 21.9 Å². The standard InChI is InChI=1S/C14H19N3O2S2/c1-3-9-15-13-7-5-11(10-16-13)17-21(18,19)14-8-6-12(4-2)20-14/h5-8,10,17H,3-4,9H2,1-2H3,(H,15,16). The van der Waals surface area contributed by atoms with Crippen molar-refractivity contribution in [1.29, 1.82) is 0 Å². The summed E-state index contributed by atoms with van der Waals surface area (Å²) in [6, 6.07) is 6.95. The van der Waals surface area contributed by atoms with Gasteiger partial charge in [0.2, 0.25) is 0 Å². The number of aryl methyl sites for hydroxylation is 1. The number of nitrogens with one attached hydrogen (secondary N) is 2. The number of hydrogen-bond acceptors (Lipinski definition) is 5. The number of nitrogens with zero attached hydrogens (tertiary/aromatic N) is 1. The summed E-state index contributed by atoms with van der Waals surface area (Å²) in [6.07, 6.45) is 3.36. The minimum atomic E-state index is -3.52. The third-order valence-electron chi connectivity index (χ3n) is 2.82. The first-order valence-corrected chi connectivity index (χ1v) is 9.16. The summed E-state index contributed by atoms with van der Waals surface area (Å²) in [5.41, 5.74) is 0.462. The monoisotopic (exact) mass is 325 g/mol. The van der Waals surface area contributed by atoms with Gasteiger partial charge in [0.05, 0.1) is 11.9 Å². The van der Waals surface area contributed by atoms with Gasteiger partial charge in [-0.2, -0.15) is 0 Å². The molecule has 0 saturated carbocycles. The lowest BCUT2D eigenvalue weighted by molar-refractivity contribution is 0.603. The van der Waals surface area contributed by atoms with E-state index >= 15 is 0 Å². The van der Waals surface area contributed by atoms with E-state index in [1.54, 1.807) is 18.2 Å². The highest BCUT2D eigenvalue weighted by atomic mass is 32.2. The fraction of sp³-hybridized carbons (Fsp3) is 0.357. The molecule has 0 spiro atoms. The van der Waals surface area contributed by atoms with E-state index in [1.165, 1.54) is 17.5 Å². The third kappa shape index (κ3) is 4.18. The zero-order chi connectivity index (χ0) is 15.3. The Morgan fingerprint density at radius 1 is 1.19 bits per heavy atom. The van der Waals surface area contributed by atoms with Gasteiger partial charge in [-0.05, 0) is 37.1 Å². The maximum atomic E-state index is 12.2. The molecule has 2 rings (SSSR count). The molecule has 7 heteroatoms. The number of rotatable bonds is 7. The fourth-order valence-corrected chi connectivity index (χ4v) is 4.05. The van der Waals surface area contributed by atoms with E-state index < -0.39 is 10.0 Å². The second-order valence-corrected chi connectivity index (χ2v) is 7.62. The molecule has 0 aliphatic heterocycles. The summed E-state index contributed by atoms with van der Waals surface area (Å²) < 4.78 is 27.4. The maximum Gasteiger partial charge on any atom is 0.271 e. The summed E-state index contributed by atoms with van der Waals surface area (Å²) >= 11 is 1.29. The highest BCUT2D eigenvalue weighted by Gasteiger charge is 2.16. The molecule has 2 aromatic heterocycles. The normalized spacial score (nSPS) is 11.3. The SMILES string of the molecule is CCCNc1ccc(NS(=O)(=O)c2ccc(CC)s2)cn1. The largest absolute Gasteiger partial charge is 0.370 e. The van der Waals surface area contributed by atoms with Crippen LogP contribution in [0, 0.1) is 0 Å². The summed E-state index contributed by atoms with van der Waals surface area (Å²) in [5.74, 6) is 0.740. The van der Waals surface area contributed by atoms with E-state index in [0.29, 0.717) is 9.90 Å². The molecule has 2 aromatic rings. The van der Waals surface area contributed by atoms with Crippen LogP contribution in [-0.2, 0) is 16.4 Å². The zero-order valence-corrected chi connectivity index (χ0v) is 13.7. The van der Waals surface area contributed by atoms with Crippen LogP contribution in [0.2, 0.25) is 0 Å². The Labute approximate surface area is 129 Å². The summed E-state index contributed by atoms with van der Waals surface area (Å²) in [6.45, 7) is 4.91. The Morgan fingerprint density at radius 3 is 2.57 bits per heavy atom. The number of hydrogen-bond donors (Lipinski definition) is 2. The number of aromatic nitrogens is 1. The zero-order valence-electron chi connectivity index (χ0n) is 12.1. The van der Waals surface area contributed by atoms with Crippen molar-refractivity contribution >= 4 is 32.9 Å². The minimum Gasteiger partial charge on any atom is -0.370 e. The molecule has 0 fully saturated rings. The topological polar surface area (TPSA) is 71.1 Å². The Hall–Kier alpha value is -1.60. The van der Waals surface area contributed by atoms with Gasteiger partial charge in [0.1, 0.15) is 10.0 Å². The molecule has 0 radical (unpaired) electrons. The minimum absolute atomic E-state index is 0.326. The van der Waals surface area contributed by atoms with Crippen molar-refractivity contribution in [1.82, 2.24) is 4.98 Å². The van der Waals surface area contributed by atoms with Crippen molar-refractivity contribution in [2.75, 3.05) is 16.6 Å². The van der Waals surface area contributed by atoms with Gasteiger partial charge in [0, 0.05) is 11.4 Å². The number of pyridine rings is 1. The van der Waals surface area contributed by atoms with Gasteiger partial charge in [-0.15, -0.1) is 11.3 Å². The highest BCUT2D eigenvalue weighted by Crippen LogP contribution is 2.24. The van der Waals surface area contributed by atoms with Gasteiger partial charge >= 0.3 is 0 Å². The molecular formula is C14H19N3O2S2. The van der Waals surface area contributed by atoms with Crippen LogP contribution in [0.15, 0.2) is 34.7 Å². The molecule has 5 nitrogen and oxygen atoms in total. The van der Waals surface area contributed by atoms with Crippen LogP contribution in [0.5, 0.6) is 0 Å². The molecular weight excluding hydrogens is 306 g/mol. The first kappa shape index (κ1) is 15.8. The quantitative estimate of drug-likeness (QED) is 0.819. The van der Waals surface area contributed by atoms with Gasteiger partial charge in [0.25, 0.3) is 10.0 Å². The molecule has 0 amide bonds. The Morgan fingerprint density at radius 2 is 2.00 bits per heavy atom. The number of anilines is 2. The van der Waals surface area contributed by atoms with Crippen LogP contribution in [0.3, 0.4) is 0 Å². The van der Waals surface area contributed by atoms with Crippen molar-refractivity contribution in [3.63, 3.8) is 0 Å². The van der Waals surface area contributed by atoms with Crippen LogP contribution in [0.4, 0.5) is 11.5 Å². The first-order valence-electron chi connectivity index (χ1n) is 6.86. The lowest BCUT2D eigenvalue weighted by Gasteiger charge is -2.07. The van der Waals surface area contributed by atoms with Gasteiger partial charge in [-0.1, -0.05) is 13.8 Å². The molecule has 0 aliphatic carbocycles. The second-order valence-electron chi connectivity index (χ2n) is 4.54. The molecule has 0 atom stereocenters. The van der Waals surface area contributed by atoms with E-state index in [4.69, 9.17) is 0 Å². The summed E-state index contributed by atoms with van der Waals surface area (Å²) in [7, 11) is -3.52. The van der Waals surface area contributed by atoms with Gasteiger partial charge in [0.15, 0.2) is 0 Å². The van der Waals surface area contributed by atoms with Gasteiger partial charge in [-0.25, -0.2) is 13.4 Å². The average molecular weight is 325 g/mol. The molecule has 0 unspecified atom stereocenters. The van der Waals surface area contributed by atoms with E-state index in [1.807, 2.05) is 13.0 Å². The molecule has 0 saturated heterocycles. The molecule has 2 N–H and O–H groups in total. The van der Waals surface area contributed by atoms with E-state index in [0.717, 1.165) is 30.1 Å². The summed E-state index contributed by atoms with van der Waals surface area (Å²) in [4.78, 5) is 5.23. The number of thiophene rings is 1. The predicted molar refractivity (Wildman–Crippen MR) is 87.5 cm³/mol.